The van der Waals surface area contributed by atoms with Gasteiger partial charge in [0.15, 0.2) is 0 Å². The third kappa shape index (κ3) is 5.67. The quantitative estimate of drug-likeness (QED) is 0.778. The molecule has 21 heavy (non-hydrogen) atoms. The summed E-state index contributed by atoms with van der Waals surface area (Å²) in [5.74, 6) is 0. The van der Waals surface area contributed by atoms with E-state index in [1.54, 1.807) is 4.90 Å². The highest BCUT2D eigenvalue weighted by molar-refractivity contribution is 5.68. The molecule has 2 heterocycles. The second-order valence-corrected chi connectivity index (χ2v) is 6.96. The Morgan fingerprint density at radius 3 is 2.90 bits per heavy atom. The summed E-state index contributed by atoms with van der Waals surface area (Å²) in [6, 6.07) is 0.632. The number of hydrogen-bond acceptors (Lipinski definition) is 4. The van der Waals surface area contributed by atoms with Crippen molar-refractivity contribution < 1.29 is 9.53 Å². The number of nitrogens with zero attached hydrogens (tertiary/aromatic N) is 1. The lowest BCUT2D eigenvalue weighted by Crippen LogP contribution is -2.40. The van der Waals surface area contributed by atoms with E-state index < -0.39 is 5.60 Å². The van der Waals surface area contributed by atoms with E-state index in [2.05, 4.69) is 16.7 Å². The summed E-state index contributed by atoms with van der Waals surface area (Å²) in [5, 5.41) is 7.00. The Morgan fingerprint density at radius 2 is 2.33 bits per heavy atom. The molecular formula is C16H29N3O2. The summed E-state index contributed by atoms with van der Waals surface area (Å²) in [6.07, 6.45) is 5.45. The van der Waals surface area contributed by atoms with E-state index in [1.165, 1.54) is 18.4 Å². The Kier molecular flexibility index (Phi) is 5.65. The van der Waals surface area contributed by atoms with Gasteiger partial charge in [0, 0.05) is 32.2 Å². The van der Waals surface area contributed by atoms with Crippen LogP contribution in [0.4, 0.5) is 4.79 Å². The first kappa shape index (κ1) is 16.3. The Balaban J connectivity index is 1.67. The van der Waals surface area contributed by atoms with E-state index in [4.69, 9.17) is 4.74 Å². The first-order chi connectivity index (χ1) is 9.94. The van der Waals surface area contributed by atoms with E-state index in [0.717, 1.165) is 32.6 Å². The third-order valence-corrected chi connectivity index (χ3v) is 3.86. The van der Waals surface area contributed by atoms with E-state index in [-0.39, 0.29) is 6.09 Å². The molecule has 1 amide bonds. The van der Waals surface area contributed by atoms with Gasteiger partial charge in [0.2, 0.25) is 0 Å². The maximum absolute atomic E-state index is 12.0. The van der Waals surface area contributed by atoms with E-state index in [1.807, 2.05) is 20.8 Å². The zero-order valence-electron chi connectivity index (χ0n) is 13.6. The SMILES string of the molecule is CC(C)(C)OC(=O)N1CC=C(CNCC2CCCN2)CC1. The summed E-state index contributed by atoms with van der Waals surface area (Å²) >= 11 is 0. The van der Waals surface area contributed by atoms with Crippen LogP contribution in [0, 0.1) is 0 Å². The molecule has 5 heteroatoms. The molecule has 2 aliphatic heterocycles. The number of ether oxygens (including phenoxy) is 1. The number of hydrogen-bond donors (Lipinski definition) is 2. The Hall–Kier alpha value is -1.07. The molecule has 1 saturated heterocycles. The second kappa shape index (κ2) is 7.27. The fourth-order valence-electron chi connectivity index (χ4n) is 2.70. The van der Waals surface area contributed by atoms with Gasteiger partial charge in [0.1, 0.15) is 5.60 Å². The van der Waals surface area contributed by atoms with Crippen molar-refractivity contribution in [3.05, 3.63) is 11.6 Å². The van der Waals surface area contributed by atoms with Crippen molar-refractivity contribution >= 4 is 6.09 Å². The van der Waals surface area contributed by atoms with Crippen LogP contribution in [0.2, 0.25) is 0 Å². The lowest BCUT2D eigenvalue weighted by molar-refractivity contribution is 0.0265. The molecule has 1 atom stereocenters. The molecule has 2 rings (SSSR count). The molecule has 0 saturated carbocycles. The van der Waals surface area contributed by atoms with Crippen LogP contribution in [0.5, 0.6) is 0 Å². The average molecular weight is 295 g/mol. The molecule has 0 aliphatic carbocycles. The third-order valence-electron chi connectivity index (χ3n) is 3.86. The van der Waals surface area contributed by atoms with Crippen molar-refractivity contribution in [2.75, 3.05) is 32.7 Å². The predicted molar refractivity (Wildman–Crippen MR) is 84.4 cm³/mol. The molecule has 0 aromatic rings. The van der Waals surface area contributed by atoms with Crippen molar-refractivity contribution in [1.82, 2.24) is 15.5 Å². The number of carbonyl (C=O) groups excluding carboxylic acids is 1. The number of rotatable bonds is 4. The molecule has 1 unspecified atom stereocenters. The first-order valence-electron chi connectivity index (χ1n) is 8.04. The highest BCUT2D eigenvalue weighted by Crippen LogP contribution is 2.15. The van der Waals surface area contributed by atoms with E-state index in [0.29, 0.717) is 12.6 Å². The van der Waals surface area contributed by atoms with Gasteiger partial charge in [0.05, 0.1) is 0 Å². The number of carbonyl (C=O) groups is 1. The molecule has 2 N–H and O–H groups in total. The summed E-state index contributed by atoms with van der Waals surface area (Å²) in [4.78, 5) is 13.7. The molecule has 2 aliphatic rings. The zero-order chi connectivity index (χ0) is 15.3. The van der Waals surface area contributed by atoms with Gasteiger partial charge in [0.25, 0.3) is 0 Å². The smallest absolute Gasteiger partial charge is 0.410 e. The van der Waals surface area contributed by atoms with Crippen LogP contribution < -0.4 is 10.6 Å². The maximum Gasteiger partial charge on any atom is 0.410 e. The Bertz CT molecular complexity index is 381. The highest BCUT2D eigenvalue weighted by Gasteiger charge is 2.23. The summed E-state index contributed by atoms with van der Waals surface area (Å²) in [7, 11) is 0. The molecule has 0 spiro atoms. The summed E-state index contributed by atoms with van der Waals surface area (Å²) < 4.78 is 5.39. The van der Waals surface area contributed by atoms with Crippen LogP contribution in [-0.4, -0.2) is 55.4 Å². The first-order valence-corrected chi connectivity index (χ1v) is 8.04. The van der Waals surface area contributed by atoms with Crippen LogP contribution in [0.1, 0.15) is 40.0 Å². The molecule has 0 aromatic heterocycles. The van der Waals surface area contributed by atoms with Crippen LogP contribution >= 0.6 is 0 Å². The van der Waals surface area contributed by atoms with Crippen molar-refractivity contribution in [3.8, 4) is 0 Å². The maximum atomic E-state index is 12.0. The van der Waals surface area contributed by atoms with Crippen LogP contribution in [0.3, 0.4) is 0 Å². The van der Waals surface area contributed by atoms with Crippen molar-refractivity contribution in [3.63, 3.8) is 0 Å². The summed E-state index contributed by atoms with van der Waals surface area (Å²) in [5.41, 5.74) is 0.976. The van der Waals surface area contributed by atoms with Crippen molar-refractivity contribution in [2.24, 2.45) is 0 Å². The molecule has 5 nitrogen and oxygen atoms in total. The van der Waals surface area contributed by atoms with Crippen molar-refractivity contribution in [2.45, 2.75) is 51.7 Å². The summed E-state index contributed by atoms with van der Waals surface area (Å²) in [6.45, 7) is 10.2. The molecule has 120 valence electrons. The minimum atomic E-state index is -0.420. The van der Waals surface area contributed by atoms with Crippen LogP contribution in [0.15, 0.2) is 11.6 Å². The second-order valence-electron chi connectivity index (χ2n) is 6.96. The molecule has 0 bridgehead atoms. The van der Waals surface area contributed by atoms with Gasteiger partial charge in [-0.05, 0) is 46.6 Å². The van der Waals surface area contributed by atoms with Gasteiger partial charge >= 0.3 is 6.09 Å². The monoisotopic (exact) mass is 295 g/mol. The van der Waals surface area contributed by atoms with Gasteiger partial charge < -0.3 is 20.3 Å². The largest absolute Gasteiger partial charge is 0.444 e. The minimum Gasteiger partial charge on any atom is -0.444 e. The standard InChI is InChI=1S/C16H29N3O2/c1-16(2,3)21-15(20)19-9-6-13(7-10-19)11-17-12-14-5-4-8-18-14/h6,14,17-18H,4-5,7-12H2,1-3H3. The van der Waals surface area contributed by atoms with Gasteiger partial charge in [-0.2, -0.15) is 0 Å². The Labute approximate surface area is 128 Å². The number of nitrogens with one attached hydrogen (secondary N) is 2. The fraction of sp³-hybridized carbons (Fsp3) is 0.812. The normalized spacial score (nSPS) is 23.1. The molecule has 0 aromatic carbocycles. The van der Waals surface area contributed by atoms with Crippen LogP contribution in [0.25, 0.3) is 0 Å². The average Bonchev–Trinajstić information content (AvgIpc) is 2.91. The lowest BCUT2D eigenvalue weighted by atomic mass is 10.1. The van der Waals surface area contributed by atoms with E-state index >= 15 is 0 Å². The lowest BCUT2D eigenvalue weighted by Gasteiger charge is -2.29. The van der Waals surface area contributed by atoms with Gasteiger partial charge in [-0.15, -0.1) is 0 Å². The molecule has 1 fully saturated rings. The van der Waals surface area contributed by atoms with E-state index in [9.17, 15) is 4.79 Å². The minimum absolute atomic E-state index is 0.207. The fourth-order valence-corrected chi connectivity index (χ4v) is 2.70. The Morgan fingerprint density at radius 1 is 1.52 bits per heavy atom. The van der Waals surface area contributed by atoms with Crippen LogP contribution in [-0.2, 0) is 4.74 Å². The highest BCUT2D eigenvalue weighted by atomic mass is 16.6. The molecular weight excluding hydrogens is 266 g/mol. The van der Waals surface area contributed by atoms with Gasteiger partial charge in [-0.3, -0.25) is 0 Å². The van der Waals surface area contributed by atoms with Gasteiger partial charge in [-0.1, -0.05) is 11.6 Å². The zero-order valence-corrected chi connectivity index (χ0v) is 13.6. The molecule has 0 radical (unpaired) electrons. The number of amides is 1. The predicted octanol–water partition coefficient (Wildman–Crippen LogP) is 1.90. The topological polar surface area (TPSA) is 53.6 Å². The van der Waals surface area contributed by atoms with Crippen molar-refractivity contribution in [1.29, 1.82) is 0 Å². The van der Waals surface area contributed by atoms with Gasteiger partial charge in [-0.25, -0.2) is 4.79 Å².